The number of carbonyl (C=O) groups is 6. The molecule has 3 aliphatic rings. The number of fused-ring (bicyclic) bond motifs is 2. The highest BCUT2D eigenvalue weighted by Gasteiger charge is 2.45. The molecule has 0 bridgehead atoms. The number of amides is 6. The van der Waals surface area contributed by atoms with Gasteiger partial charge in [0.1, 0.15) is 29.8 Å². The van der Waals surface area contributed by atoms with Gasteiger partial charge in [-0.05, 0) is 68.5 Å². The topological polar surface area (TPSA) is 204 Å². The number of nitrogens with one attached hydrogen (secondary N) is 5. The van der Waals surface area contributed by atoms with E-state index < -0.39 is 35.5 Å². The minimum atomic E-state index is -1.02. The van der Waals surface area contributed by atoms with E-state index in [0.717, 1.165) is 56.5 Å². The molecular weight excluding hydrogens is 821 g/mol. The van der Waals surface area contributed by atoms with Gasteiger partial charge in [0.25, 0.3) is 11.8 Å². The lowest BCUT2D eigenvalue weighted by molar-refractivity contribution is -0.136. The lowest BCUT2D eigenvalue weighted by atomic mass is 10.0. The molecule has 18 heteroatoms. The number of methoxy groups -OCH3 is 1. The summed E-state index contributed by atoms with van der Waals surface area (Å²) in [6, 6.07) is 11.7. The van der Waals surface area contributed by atoms with Crippen molar-refractivity contribution in [2.24, 2.45) is 0 Å². The molecule has 324 valence electrons. The Bertz CT molecular complexity index is 2420. The number of imide groups is 2. The number of rotatable bonds is 17. The summed E-state index contributed by atoms with van der Waals surface area (Å²) < 4.78 is 19.2. The van der Waals surface area contributed by atoms with Gasteiger partial charge in [-0.15, -0.1) is 0 Å². The van der Waals surface area contributed by atoms with Crippen molar-refractivity contribution in [2.45, 2.75) is 69.9 Å². The summed E-state index contributed by atoms with van der Waals surface area (Å²) in [6.45, 7) is 2.68. The Balaban J connectivity index is 0.785. The molecule has 16 nitrogen and oxygen atoms in total. The Hall–Kier alpha value is -6.46. The second-order valence-electron chi connectivity index (χ2n) is 15.3. The molecule has 0 spiro atoms. The minimum absolute atomic E-state index is 0.0279. The molecule has 0 aliphatic carbocycles. The monoisotopic (exact) mass is 867 g/mol. The van der Waals surface area contributed by atoms with Crippen LogP contribution >= 0.6 is 11.6 Å². The Kier molecular flexibility index (Phi) is 14.0. The summed E-state index contributed by atoms with van der Waals surface area (Å²) in [6.07, 6.45) is 10.1. The van der Waals surface area contributed by atoms with Gasteiger partial charge in [-0.25, -0.2) is 14.4 Å². The van der Waals surface area contributed by atoms with Crippen molar-refractivity contribution < 1.29 is 37.9 Å². The molecule has 4 aromatic rings. The predicted molar refractivity (Wildman–Crippen MR) is 231 cm³/mol. The van der Waals surface area contributed by atoms with Crippen LogP contribution in [-0.4, -0.2) is 101 Å². The van der Waals surface area contributed by atoms with Crippen molar-refractivity contribution in [3.05, 3.63) is 89.0 Å². The average molecular weight is 868 g/mol. The molecule has 4 heterocycles. The second-order valence-corrected chi connectivity index (χ2v) is 15.8. The minimum Gasteiger partial charge on any atom is -0.494 e. The molecule has 2 saturated heterocycles. The molecular formula is C44H47ClFN9O7. The number of likely N-dealkylation sites (tertiary alicyclic amines) is 1. The van der Waals surface area contributed by atoms with E-state index in [2.05, 4.69) is 41.5 Å². The first-order chi connectivity index (χ1) is 30.0. The van der Waals surface area contributed by atoms with E-state index in [9.17, 15) is 33.2 Å². The maximum atomic E-state index is 13.7. The number of halogens is 2. The van der Waals surface area contributed by atoms with E-state index >= 15 is 0 Å². The van der Waals surface area contributed by atoms with E-state index in [1.807, 2.05) is 0 Å². The summed E-state index contributed by atoms with van der Waals surface area (Å²) in [7, 11) is 1.50. The second kappa shape index (κ2) is 19.9. The molecule has 6 amide bonds. The van der Waals surface area contributed by atoms with Crippen LogP contribution in [0.5, 0.6) is 5.75 Å². The van der Waals surface area contributed by atoms with Gasteiger partial charge in [0, 0.05) is 74.0 Å². The number of nitrogens with zero attached hydrogens (tertiary/aromatic N) is 4. The fourth-order valence-electron chi connectivity index (χ4n) is 7.85. The first-order valence-electron chi connectivity index (χ1n) is 20.6. The van der Waals surface area contributed by atoms with Crippen LogP contribution in [0.25, 0.3) is 10.9 Å². The van der Waals surface area contributed by atoms with Crippen molar-refractivity contribution in [3.8, 4) is 5.75 Å². The van der Waals surface area contributed by atoms with Gasteiger partial charge >= 0.3 is 0 Å². The Morgan fingerprint density at radius 2 is 1.77 bits per heavy atom. The molecule has 3 aliphatic heterocycles. The number of unbranched alkanes of at least 4 members (excludes halogenated alkanes) is 3. The van der Waals surface area contributed by atoms with Crippen LogP contribution in [0.15, 0.2) is 67.0 Å². The molecule has 62 heavy (non-hydrogen) atoms. The standard InChI is InChI=1S/C44H47ClFN9O7/c1-62-36-24-33-29(41(49-25-48-33)51-27-12-13-31(46)30(45)22-27)23-34(36)52-38(57)11-7-19-54-20-16-26(17-21-54)50-37(56)10-4-2-3-5-18-47-32-9-6-8-28-40(32)44(61)55(43(28)60)35-14-15-39(58)53-42(35)59/h6-9,11-13,22-26,35,47H,2-5,10,14-21H2,1H3,(H,50,56)(H,52,57)(H,48,49,51)(H,53,58,59). The zero-order chi connectivity index (χ0) is 43.8. The van der Waals surface area contributed by atoms with Crippen LogP contribution in [0.3, 0.4) is 0 Å². The Morgan fingerprint density at radius 1 is 0.968 bits per heavy atom. The summed E-state index contributed by atoms with van der Waals surface area (Å²) in [5, 5.41) is 15.2. The summed E-state index contributed by atoms with van der Waals surface area (Å²) in [4.78, 5) is 87.9. The fourth-order valence-corrected chi connectivity index (χ4v) is 8.03. The molecule has 1 aromatic heterocycles. The molecule has 2 fully saturated rings. The maximum Gasteiger partial charge on any atom is 0.264 e. The molecule has 5 N–H and O–H groups in total. The third-order valence-electron chi connectivity index (χ3n) is 11.1. The van der Waals surface area contributed by atoms with Crippen LogP contribution < -0.4 is 31.3 Å². The van der Waals surface area contributed by atoms with Crippen LogP contribution in [0.4, 0.5) is 27.3 Å². The van der Waals surface area contributed by atoms with Crippen molar-refractivity contribution in [3.63, 3.8) is 0 Å². The first kappa shape index (κ1) is 43.6. The van der Waals surface area contributed by atoms with E-state index in [0.29, 0.717) is 59.0 Å². The zero-order valence-corrected chi connectivity index (χ0v) is 34.9. The smallest absolute Gasteiger partial charge is 0.264 e. The normalized spacial score (nSPS) is 17.0. The number of anilines is 4. The Labute approximate surface area is 362 Å². The number of hydrogen-bond acceptors (Lipinski definition) is 12. The average Bonchev–Trinajstić information content (AvgIpc) is 3.51. The van der Waals surface area contributed by atoms with Crippen LogP contribution in [0.2, 0.25) is 5.02 Å². The lowest BCUT2D eigenvalue weighted by Crippen LogP contribution is -2.54. The molecule has 7 rings (SSSR count). The number of ether oxygens (including phenoxy) is 1. The highest BCUT2D eigenvalue weighted by atomic mass is 35.5. The molecule has 0 saturated carbocycles. The van der Waals surface area contributed by atoms with Crippen LogP contribution in [-0.2, 0) is 19.2 Å². The number of piperidine rings is 2. The van der Waals surface area contributed by atoms with Gasteiger partial charge in [-0.3, -0.25) is 43.9 Å². The summed E-state index contributed by atoms with van der Waals surface area (Å²) >= 11 is 5.95. The number of hydrogen-bond donors (Lipinski definition) is 5. The predicted octanol–water partition coefficient (Wildman–Crippen LogP) is 5.71. The molecule has 1 unspecified atom stereocenters. The van der Waals surface area contributed by atoms with E-state index in [1.165, 1.54) is 37.7 Å². The highest BCUT2D eigenvalue weighted by molar-refractivity contribution is 6.31. The van der Waals surface area contributed by atoms with Gasteiger partial charge < -0.3 is 26.0 Å². The Morgan fingerprint density at radius 3 is 2.55 bits per heavy atom. The number of aromatic nitrogens is 2. The summed E-state index contributed by atoms with van der Waals surface area (Å²) in [5.41, 5.74) is 2.52. The van der Waals surface area contributed by atoms with Gasteiger partial charge in [-0.2, -0.15) is 0 Å². The quantitative estimate of drug-likeness (QED) is 0.0492. The van der Waals surface area contributed by atoms with Crippen LogP contribution in [0, 0.1) is 5.82 Å². The van der Waals surface area contributed by atoms with E-state index in [-0.39, 0.29) is 46.8 Å². The third-order valence-corrected chi connectivity index (χ3v) is 11.4. The molecule has 0 radical (unpaired) electrons. The van der Waals surface area contributed by atoms with Gasteiger partial charge in [0.15, 0.2) is 0 Å². The maximum absolute atomic E-state index is 13.7. The van der Waals surface area contributed by atoms with Crippen molar-refractivity contribution in [2.75, 3.05) is 49.2 Å². The fraction of sp³-hybridized carbons (Fsp3) is 0.364. The summed E-state index contributed by atoms with van der Waals surface area (Å²) in [5.74, 6) is -2.15. The van der Waals surface area contributed by atoms with Gasteiger partial charge in [0.05, 0.1) is 34.5 Å². The highest BCUT2D eigenvalue weighted by Crippen LogP contribution is 2.35. The van der Waals surface area contributed by atoms with E-state index in [4.69, 9.17) is 16.3 Å². The van der Waals surface area contributed by atoms with Crippen LogP contribution in [0.1, 0.15) is 78.5 Å². The van der Waals surface area contributed by atoms with Gasteiger partial charge in [-0.1, -0.05) is 36.6 Å². The zero-order valence-electron chi connectivity index (χ0n) is 34.1. The van der Waals surface area contributed by atoms with E-state index in [1.54, 1.807) is 36.4 Å². The lowest BCUT2D eigenvalue weighted by Gasteiger charge is -2.31. The molecule has 1 atom stereocenters. The van der Waals surface area contributed by atoms with Crippen molar-refractivity contribution >= 4 is 80.8 Å². The van der Waals surface area contributed by atoms with Crippen molar-refractivity contribution in [1.82, 2.24) is 30.4 Å². The number of carbonyl (C=O) groups excluding carboxylic acids is 6. The number of benzene rings is 3. The first-order valence-corrected chi connectivity index (χ1v) is 21.0. The van der Waals surface area contributed by atoms with Crippen molar-refractivity contribution in [1.29, 1.82) is 0 Å². The molecule has 3 aromatic carbocycles. The van der Waals surface area contributed by atoms with Gasteiger partial charge in [0.2, 0.25) is 23.6 Å². The third kappa shape index (κ3) is 10.3. The SMILES string of the molecule is COc1cc2ncnc(Nc3ccc(F)c(Cl)c3)c2cc1NC(=O)C=CCN1CCC(NC(=O)CCCCCCNc2cccc3c2C(=O)N(C2CCC(=O)NC2=O)C3=O)CC1. The largest absolute Gasteiger partial charge is 0.494 e.